The Morgan fingerprint density at radius 2 is 1.89 bits per heavy atom. The zero-order valence-electron chi connectivity index (χ0n) is 10.3. The van der Waals surface area contributed by atoms with Crippen LogP contribution in [0.1, 0.15) is 19.8 Å². The molecule has 94 valence electrons. The molecule has 0 saturated heterocycles. The Balaban J connectivity index is 2.00. The lowest BCUT2D eigenvalue weighted by Crippen LogP contribution is -2.14. The molecule has 0 atom stereocenters. The number of hydrogen-bond acceptors (Lipinski definition) is 2. The van der Waals surface area contributed by atoms with Crippen LogP contribution in [0.5, 0.6) is 0 Å². The molecule has 2 N–H and O–H groups in total. The standard InChI is InChI=1S/C14H16N2O2/c1-2-4-13(17)15-11-5-3-6-12(9-11)16-14(18)10-7-8-10/h2-6,9-10H,7-8H2,1H3,(H,15,17)(H,16,18). The number of amides is 2. The molecule has 18 heavy (non-hydrogen) atoms. The second-order valence-electron chi connectivity index (χ2n) is 4.33. The van der Waals surface area contributed by atoms with E-state index in [9.17, 15) is 9.59 Å². The fraction of sp³-hybridized carbons (Fsp3) is 0.286. The summed E-state index contributed by atoms with van der Waals surface area (Å²) >= 11 is 0. The molecule has 0 aromatic heterocycles. The Hall–Kier alpha value is -2.10. The maximum atomic E-state index is 11.6. The van der Waals surface area contributed by atoms with Crippen molar-refractivity contribution in [3.8, 4) is 0 Å². The molecule has 2 rings (SSSR count). The van der Waals surface area contributed by atoms with Gasteiger partial charge < -0.3 is 10.6 Å². The van der Waals surface area contributed by atoms with Crippen molar-refractivity contribution in [2.24, 2.45) is 5.92 Å². The molecule has 0 aliphatic heterocycles. The molecular weight excluding hydrogens is 228 g/mol. The summed E-state index contributed by atoms with van der Waals surface area (Å²) < 4.78 is 0. The average Bonchev–Trinajstić information content (AvgIpc) is 3.13. The van der Waals surface area contributed by atoms with Crippen molar-refractivity contribution in [3.05, 3.63) is 36.4 Å². The van der Waals surface area contributed by atoms with Gasteiger partial charge in [0.15, 0.2) is 0 Å². The van der Waals surface area contributed by atoms with Gasteiger partial charge in [-0.1, -0.05) is 12.1 Å². The maximum Gasteiger partial charge on any atom is 0.248 e. The Bertz CT molecular complexity index is 490. The molecule has 0 heterocycles. The molecule has 1 aromatic rings. The van der Waals surface area contributed by atoms with Crippen molar-refractivity contribution >= 4 is 23.2 Å². The third-order valence-electron chi connectivity index (χ3n) is 2.66. The summed E-state index contributed by atoms with van der Waals surface area (Å²) in [5.41, 5.74) is 1.39. The molecule has 1 aromatic carbocycles. The highest BCUT2D eigenvalue weighted by Crippen LogP contribution is 2.30. The van der Waals surface area contributed by atoms with E-state index in [0.29, 0.717) is 11.4 Å². The Labute approximate surface area is 106 Å². The van der Waals surface area contributed by atoms with Gasteiger partial charge in [0.2, 0.25) is 11.8 Å². The van der Waals surface area contributed by atoms with Gasteiger partial charge in [-0.25, -0.2) is 0 Å². The lowest BCUT2D eigenvalue weighted by molar-refractivity contribution is -0.117. The summed E-state index contributed by atoms with van der Waals surface area (Å²) in [5, 5.41) is 5.57. The van der Waals surface area contributed by atoms with Crippen molar-refractivity contribution in [1.82, 2.24) is 0 Å². The predicted molar refractivity (Wildman–Crippen MR) is 71.2 cm³/mol. The smallest absolute Gasteiger partial charge is 0.248 e. The first-order valence-electron chi connectivity index (χ1n) is 6.03. The number of carbonyl (C=O) groups is 2. The minimum atomic E-state index is -0.178. The lowest BCUT2D eigenvalue weighted by Gasteiger charge is -2.07. The summed E-state index contributed by atoms with van der Waals surface area (Å²) in [6.07, 6.45) is 5.08. The molecule has 2 amide bonds. The predicted octanol–water partition coefficient (Wildman–Crippen LogP) is 2.55. The summed E-state index contributed by atoms with van der Waals surface area (Å²) in [4.78, 5) is 23.0. The number of allylic oxidation sites excluding steroid dienone is 1. The molecule has 0 radical (unpaired) electrons. The molecular formula is C14H16N2O2. The van der Waals surface area contributed by atoms with Crippen molar-refractivity contribution in [2.75, 3.05) is 10.6 Å². The number of anilines is 2. The lowest BCUT2D eigenvalue weighted by atomic mass is 10.2. The maximum absolute atomic E-state index is 11.6. The first-order chi connectivity index (χ1) is 8.69. The normalized spacial score (nSPS) is 14.5. The van der Waals surface area contributed by atoms with Gasteiger partial charge in [-0.2, -0.15) is 0 Å². The fourth-order valence-electron chi connectivity index (χ4n) is 1.60. The number of carbonyl (C=O) groups excluding carboxylic acids is 2. The van der Waals surface area contributed by atoms with Crippen LogP contribution in [0.15, 0.2) is 36.4 Å². The van der Waals surface area contributed by atoms with E-state index in [1.54, 1.807) is 31.2 Å². The van der Waals surface area contributed by atoms with E-state index < -0.39 is 0 Å². The van der Waals surface area contributed by atoms with Crippen LogP contribution in [0, 0.1) is 5.92 Å². The first-order valence-corrected chi connectivity index (χ1v) is 6.03. The molecule has 1 aliphatic carbocycles. The summed E-state index contributed by atoms with van der Waals surface area (Å²) in [5.74, 6) is 0.0568. The molecule has 4 heteroatoms. The van der Waals surface area contributed by atoms with E-state index in [2.05, 4.69) is 10.6 Å². The molecule has 0 bridgehead atoms. The van der Waals surface area contributed by atoms with Crippen LogP contribution >= 0.6 is 0 Å². The molecule has 0 spiro atoms. The second-order valence-corrected chi connectivity index (χ2v) is 4.33. The summed E-state index contributed by atoms with van der Waals surface area (Å²) in [6.45, 7) is 1.78. The van der Waals surface area contributed by atoms with E-state index in [0.717, 1.165) is 12.8 Å². The monoisotopic (exact) mass is 244 g/mol. The van der Waals surface area contributed by atoms with Crippen molar-refractivity contribution < 1.29 is 9.59 Å². The van der Waals surface area contributed by atoms with Gasteiger partial charge in [0.25, 0.3) is 0 Å². The van der Waals surface area contributed by atoms with E-state index in [4.69, 9.17) is 0 Å². The highest BCUT2D eigenvalue weighted by molar-refractivity contribution is 6.00. The Morgan fingerprint density at radius 1 is 1.22 bits per heavy atom. The highest BCUT2D eigenvalue weighted by atomic mass is 16.2. The minimum Gasteiger partial charge on any atom is -0.326 e. The van der Waals surface area contributed by atoms with Crippen molar-refractivity contribution in [2.45, 2.75) is 19.8 Å². The van der Waals surface area contributed by atoms with Crippen LogP contribution in [0.4, 0.5) is 11.4 Å². The second kappa shape index (κ2) is 5.49. The summed E-state index contributed by atoms with van der Waals surface area (Å²) in [7, 11) is 0. The van der Waals surface area contributed by atoms with Crippen LogP contribution < -0.4 is 10.6 Å². The summed E-state index contributed by atoms with van der Waals surface area (Å²) in [6, 6.07) is 7.15. The Morgan fingerprint density at radius 3 is 2.50 bits per heavy atom. The van der Waals surface area contributed by atoms with Gasteiger partial charge in [-0.15, -0.1) is 0 Å². The fourth-order valence-corrected chi connectivity index (χ4v) is 1.60. The molecule has 4 nitrogen and oxygen atoms in total. The van der Waals surface area contributed by atoms with Gasteiger partial charge in [0.05, 0.1) is 0 Å². The van der Waals surface area contributed by atoms with E-state index in [1.165, 1.54) is 6.08 Å². The average molecular weight is 244 g/mol. The molecule has 1 fully saturated rings. The van der Waals surface area contributed by atoms with Gasteiger partial charge in [-0.05, 0) is 44.0 Å². The van der Waals surface area contributed by atoms with Crippen molar-refractivity contribution in [3.63, 3.8) is 0 Å². The number of hydrogen-bond donors (Lipinski definition) is 2. The number of rotatable bonds is 4. The van der Waals surface area contributed by atoms with Crippen LogP contribution in [0.25, 0.3) is 0 Å². The van der Waals surface area contributed by atoms with Gasteiger partial charge in [0, 0.05) is 17.3 Å². The van der Waals surface area contributed by atoms with E-state index in [1.807, 2.05) is 6.07 Å². The molecule has 0 unspecified atom stereocenters. The SMILES string of the molecule is CC=CC(=O)Nc1cccc(NC(=O)C2CC2)c1. The topological polar surface area (TPSA) is 58.2 Å². The molecule has 1 aliphatic rings. The van der Waals surface area contributed by atoms with Gasteiger partial charge in [0.1, 0.15) is 0 Å². The van der Waals surface area contributed by atoms with E-state index in [-0.39, 0.29) is 17.7 Å². The third kappa shape index (κ3) is 3.45. The van der Waals surface area contributed by atoms with Crippen molar-refractivity contribution in [1.29, 1.82) is 0 Å². The van der Waals surface area contributed by atoms with Gasteiger partial charge >= 0.3 is 0 Å². The number of benzene rings is 1. The van der Waals surface area contributed by atoms with E-state index >= 15 is 0 Å². The highest BCUT2D eigenvalue weighted by Gasteiger charge is 2.29. The largest absolute Gasteiger partial charge is 0.326 e. The minimum absolute atomic E-state index is 0.0620. The Kier molecular flexibility index (Phi) is 3.77. The van der Waals surface area contributed by atoms with Crippen LogP contribution in [0.2, 0.25) is 0 Å². The third-order valence-corrected chi connectivity index (χ3v) is 2.66. The zero-order valence-corrected chi connectivity index (χ0v) is 10.3. The van der Waals surface area contributed by atoms with Crippen LogP contribution in [0.3, 0.4) is 0 Å². The number of nitrogens with one attached hydrogen (secondary N) is 2. The first kappa shape index (κ1) is 12.4. The van der Waals surface area contributed by atoms with Crippen LogP contribution in [-0.2, 0) is 9.59 Å². The van der Waals surface area contributed by atoms with Crippen LogP contribution in [-0.4, -0.2) is 11.8 Å². The zero-order chi connectivity index (χ0) is 13.0. The quantitative estimate of drug-likeness (QED) is 0.800. The molecule has 1 saturated carbocycles. The van der Waals surface area contributed by atoms with Gasteiger partial charge in [-0.3, -0.25) is 9.59 Å².